The van der Waals surface area contributed by atoms with E-state index in [1.807, 2.05) is 11.8 Å². The highest BCUT2D eigenvalue weighted by Gasteiger charge is 2.37. The third-order valence-corrected chi connectivity index (χ3v) is 4.75. The van der Waals surface area contributed by atoms with Gasteiger partial charge in [0.2, 0.25) is 0 Å². The fourth-order valence-electron chi connectivity index (χ4n) is 2.13. The van der Waals surface area contributed by atoms with Gasteiger partial charge < -0.3 is 5.11 Å². The van der Waals surface area contributed by atoms with E-state index in [1.165, 1.54) is 32.1 Å². The lowest BCUT2D eigenvalue weighted by Crippen LogP contribution is -2.34. The molecular weight excluding hydrogens is 192 g/mol. The average molecular weight is 216 g/mol. The molecule has 0 bridgehead atoms. The van der Waals surface area contributed by atoms with Crippen LogP contribution in [-0.2, 0) is 0 Å². The van der Waals surface area contributed by atoms with Crippen molar-refractivity contribution in [3.63, 3.8) is 0 Å². The number of rotatable bonds is 6. The molecule has 0 amide bonds. The monoisotopic (exact) mass is 216 g/mol. The summed E-state index contributed by atoms with van der Waals surface area (Å²) in [5.74, 6) is 1.15. The van der Waals surface area contributed by atoms with Crippen LogP contribution >= 0.6 is 11.8 Å². The zero-order valence-electron chi connectivity index (χ0n) is 9.59. The highest BCUT2D eigenvalue weighted by atomic mass is 32.2. The molecule has 1 saturated heterocycles. The second-order valence-electron chi connectivity index (χ2n) is 4.53. The van der Waals surface area contributed by atoms with Gasteiger partial charge in [-0.1, -0.05) is 46.0 Å². The van der Waals surface area contributed by atoms with E-state index in [-0.39, 0.29) is 5.60 Å². The summed E-state index contributed by atoms with van der Waals surface area (Å²) < 4.78 is 0. The third kappa shape index (κ3) is 3.47. The second kappa shape index (κ2) is 6.02. The van der Waals surface area contributed by atoms with Crippen molar-refractivity contribution in [3.05, 3.63) is 0 Å². The van der Waals surface area contributed by atoms with Crippen LogP contribution < -0.4 is 0 Å². The first kappa shape index (κ1) is 12.4. The van der Waals surface area contributed by atoms with Gasteiger partial charge in [0.05, 0.1) is 5.60 Å². The van der Waals surface area contributed by atoms with Crippen LogP contribution in [0, 0.1) is 0 Å². The maximum absolute atomic E-state index is 10.3. The Morgan fingerprint density at radius 3 is 2.57 bits per heavy atom. The molecule has 1 nitrogen and oxygen atoms in total. The number of thioether (sulfide) groups is 1. The molecule has 2 atom stereocenters. The predicted octanol–water partition coefficient (Wildman–Crippen LogP) is 3.60. The van der Waals surface area contributed by atoms with E-state index in [2.05, 4.69) is 13.8 Å². The molecule has 0 saturated carbocycles. The van der Waals surface area contributed by atoms with Gasteiger partial charge in [-0.15, -0.1) is 0 Å². The van der Waals surface area contributed by atoms with Crippen LogP contribution in [0.1, 0.15) is 58.8 Å². The Morgan fingerprint density at radius 2 is 2.00 bits per heavy atom. The molecule has 0 aliphatic carbocycles. The van der Waals surface area contributed by atoms with Crippen LogP contribution in [0.5, 0.6) is 0 Å². The minimum Gasteiger partial charge on any atom is -0.389 e. The molecule has 1 aliphatic rings. The maximum atomic E-state index is 10.3. The second-order valence-corrected chi connectivity index (χ2v) is 5.98. The molecule has 0 aromatic rings. The summed E-state index contributed by atoms with van der Waals surface area (Å²) in [7, 11) is 0. The number of hydrogen-bond donors (Lipinski definition) is 1. The molecular formula is C12H24OS. The number of aliphatic hydroxyl groups is 1. The minimum atomic E-state index is -0.336. The third-order valence-electron chi connectivity index (χ3n) is 3.37. The molecule has 14 heavy (non-hydrogen) atoms. The molecule has 0 aromatic heterocycles. The Balaban J connectivity index is 2.10. The van der Waals surface area contributed by atoms with E-state index in [1.54, 1.807) is 0 Å². The van der Waals surface area contributed by atoms with Gasteiger partial charge in [-0.05, 0) is 18.6 Å². The summed E-state index contributed by atoms with van der Waals surface area (Å²) in [5, 5.41) is 10.7. The lowest BCUT2D eigenvalue weighted by atomic mass is 9.90. The van der Waals surface area contributed by atoms with E-state index in [9.17, 15) is 5.11 Å². The number of unbranched alkanes of at least 4 members (excludes halogenated alkanes) is 4. The zero-order chi connectivity index (χ0) is 10.4. The van der Waals surface area contributed by atoms with Crippen molar-refractivity contribution in [1.29, 1.82) is 0 Å². The molecule has 1 aliphatic heterocycles. The van der Waals surface area contributed by atoms with Gasteiger partial charge in [-0.2, -0.15) is 11.8 Å². The predicted molar refractivity (Wildman–Crippen MR) is 64.9 cm³/mol. The molecule has 84 valence electrons. The van der Waals surface area contributed by atoms with Crippen LogP contribution in [0.4, 0.5) is 0 Å². The first-order valence-electron chi connectivity index (χ1n) is 6.03. The minimum absolute atomic E-state index is 0.336. The Kier molecular flexibility index (Phi) is 5.32. The summed E-state index contributed by atoms with van der Waals surface area (Å²) in [6.45, 7) is 4.41. The summed E-state index contributed by atoms with van der Waals surface area (Å²) in [6.07, 6.45) is 8.53. The largest absolute Gasteiger partial charge is 0.389 e. The topological polar surface area (TPSA) is 20.2 Å². The first-order chi connectivity index (χ1) is 6.69. The van der Waals surface area contributed by atoms with Crippen molar-refractivity contribution in [2.24, 2.45) is 0 Å². The molecule has 0 radical (unpaired) electrons. The summed E-state index contributed by atoms with van der Waals surface area (Å²) in [5.41, 5.74) is -0.336. The maximum Gasteiger partial charge on any atom is 0.0771 e. The SMILES string of the molecule is CCCCCCCC1(O)CCSC1C. The van der Waals surface area contributed by atoms with Gasteiger partial charge in [0.25, 0.3) is 0 Å². The van der Waals surface area contributed by atoms with Crippen molar-refractivity contribution in [1.82, 2.24) is 0 Å². The molecule has 0 aromatic carbocycles. The quantitative estimate of drug-likeness (QED) is 0.685. The van der Waals surface area contributed by atoms with Crippen LogP contribution in [0.2, 0.25) is 0 Å². The zero-order valence-corrected chi connectivity index (χ0v) is 10.4. The van der Waals surface area contributed by atoms with Crippen molar-refractivity contribution in [2.75, 3.05) is 5.75 Å². The molecule has 1 heterocycles. The standard InChI is InChI=1S/C12H24OS/c1-3-4-5-6-7-8-12(13)9-10-14-11(12)2/h11,13H,3-10H2,1-2H3. The average Bonchev–Trinajstić information content (AvgIpc) is 2.47. The molecule has 1 fully saturated rings. The van der Waals surface area contributed by atoms with E-state index >= 15 is 0 Å². The van der Waals surface area contributed by atoms with E-state index in [4.69, 9.17) is 0 Å². The molecule has 2 heteroatoms. The lowest BCUT2D eigenvalue weighted by Gasteiger charge is -2.26. The summed E-state index contributed by atoms with van der Waals surface area (Å²) in [4.78, 5) is 0. The molecule has 2 unspecified atom stereocenters. The van der Waals surface area contributed by atoms with Gasteiger partial charge in [-0.3, -0.25) is 0 Å². The normalized spacial score (nSPS) is 32.4. The highest BCUT2D eigenvalue weighted by molar-refractivity contribution is 8.00. The van der Waals surface area contributed by atoms with Crippen molar-refractivity contribution in [3.8, 4) is 0 Å². The molecule has 1 rings (SSSR count). The Bertz CT molecular complexity index is 160. The fraction of sp³-hybridized carbons (Fsp3) is 1.00. The van der Waals surface area contributed by atoms with E-state index < -0.39 is 0 Å². The Hall–Kier alpha value is 0.310. The van der Waals surface area contributed by atoms with Crippen LogP contribution in [0.25, 0.3) is 0 Å². The first-order valence-corrected chi connectivity index (χ1v) is 7.08. The smallest absolute Gasteiger partial charge is 0.0771 e. The van der Waals surface area contributed by atoms with Crippen molar-refractivity contribution in [2.45, 2.75) is 69.6 Å². The van der Waals surface area contributed by atoms with Crippen LogP contribution in [0.15, 0.2) is 0 Å². The highest BCUT2D eigenvalue weighted by Crippen LogP contribution is 2.38. The summed E-state index contributed by atoms with van der Waals surface area (Å²) >= 11 is 1.92. The van der Waals surface area contributed by atoms with Crippen molar-refractivity contribution < 1.29 is 5.11 Å². The van der Waals surface area contributed by atoms with E-state index in [0.29, 0.717) is 5.25 Å². The van der Waals surface area contributed by atoms with Gasteiger partial charge in [0.15, 0.2) is 0 Å². The molecule has 1 N–H and O–H groups in total. The van der Waals surface area contributed by atoms with E-state index in [0.717, 1.165) is 18.6 Å². The van der Waals surface area contributed by atoms with Gasteiger partial charge >= 0.3 is 0 Å². The van der Waals surface area contributed by atoms with Gasteiger partial charge in [0.1, 0.15) is 0 Å². The van der Waals surface area contributed by atoms with Gasteiger partial charge in [0, 0.05) is 5.25 Å². The van der Waals surface area contributed by atoms with Crippen LogP contribution in [-0.4, -0.2) is 21.7 Å². The number of hydrogen-bond acceptors (Lipinski definition) is 2. The Labute approximate surface area is 92.7 Å². The molecule has 0 spiro atoms. The van der Waals surface area contributed by atoms with Crippen LogP contribution in [0.3, 0.4) is 0 Å². The van der Waals surface area contributed by atoms with Crippen molar-refractivity contribution >= 4 is 11.8 Å². The lowest BCUT2D eigenvalue weighted by molar-refractivity contribution is 0.0345. The fourth-order valence-corrected chi connectivity index (χ4v) is 3.50. The summed E-state index contributed by atoms with van der Waals surface area (Å²) in [6, 6.07) is 0. The van der Waals surface area contributed by atoms with Gasteiger partial charge in [-0.25, -0.2) is 0 Å². The Morgan fingerprint density at radius 1 is 1.29 bits per heavy atom.